The molecule has 8 heteroatoms. The van der Waals surface area contributed by atoms with E-state index in [0.29, 0.717) is 13.0 Å². The van der Waals surface area contributed by atoms with Crippen molar-refractivity contribution in [3.63, 3.8) is 0 Å². The molecule has 0 aliphatic rings. The minimum Gasteiger partial charge on any atom is -0.396 e. The third-order valence-corrected chi connectivity index (χ3v) is 5.18. The lowest BCUT2D eigenvalue weighted by molar-refractivity contribution is 0.272. The zero-order valence-corrected chi connectivity index (χ0v) is 12.5. The van der Waals surface area contributed by atoms with Gasteiger partial charge < -0.3 is 5.11 Å². The highest BCUT2D eigenvalue weighted by Crippen LogP contribution is 2.13. The smallest absolute Gasteiger partial charge is 0.281 e. The molecule has 0 saturated carbocycles. The third-order valence-electron chi connectivity index (χ3n) is 2.47. The van der Waals surface area contributed by atoms with Crippen molar-refractivity contribution in [1.29, 1.82) is 0 Å². The minimum absolute atomic E-state index is 0.0190. The number of thiazole rings is 1. The highest BCUT2D eigenvalue weighted by atomic mass is 32.2. The molecule has 0 spiro atoms. The summed E-state index contributed by atoms with van der Waals surface area (Å²) in [5.74, 6) is 0. The summed E-state index contributed by atoms with van der Waals surface area (Å²) in [5.41, 5.74) is 0.749. The van der Waals surface area contributed by atoms with Crippen LogP contribution in [0.3, 0.4) is 0 Å². The number of aromatic nitrogens is 1. The van der Waals surface area contributed by atoms with E-state index in [0.717, 1.165) is 10.7 Å². The van der Waals surface area contributed by atoms with Crippen molar-refractivity contribution in [3.05, 3.63) is 16.1 Å². The highest BCUT2D eigenvalue weighted by molar-refractivity contribution is 7.86. The van der Waals surface area contributed by atoms with E-state index in [-0.39, 0.29) is 13.2 Å². The predicted octanol–water partition coefficient (Wildman–Crippen LogP) is 0.442. The largest absolute Gasteiger partial charge is 0.396 e. The average Bonchev–Trinajstić information content (AvgIpc) is 2.71. The van der Waals surface area contributed by atoms with E-state index < -0.39 is 10.2 Å². The molecule has 1 rings (SSSR count). The van der Waals surface area contributed by atoms with Gasteiger partial charge in [0.15, 0.2) is 0 Å². The van der Waals surface area contributed by atoms with Crippen molar-refractivity contribution in [2.45, 2.75) is 19.9 Å². The van der Waals surface area contributed by atoms with E-state index in [9.17, 15) is 8.42 Å². The molecule has 104 valence electrons. The molecular weight excluding hydrogens is 274 g/mol. The molecule has 0 aliphatic heterocycles. The summed E-state index contributed by atoms with van der Waals surface area (Å²) in [4.78, 5) is 4.24. The molecule has 0 fully saturated rings. The standard InChI is InChI=1S/C10H19N3O3S2/c1-9-11-10(8-17-9)7-13(3)18(15,16)12(2)5-4-6-14/h8,14H,4-7H2,1-3H3. The number of hydrogen-bond acceptors (Lipinski definition) is 5. The number of rotatable bonds is 7. The van der Waals surface area contributed by atoms with Crippen LogP contribution in [0.2, 0.25) is 0 Å². The molecule has 1 N–H and O–H groups in total. The molecule has 1 aromatic rings. The van der Waals surface area contributed by atoms with Crippen LogP contribution in [0.5, 0.6) is 0 Å². The van der Waals surface area contributed by atoms with Crippen molar-refractivity contribution in [2.24, 2.45) is 0 Å². The first kappa shape index (κ1) is 15.5. The zero-order valence-electron chi connectivity index (χ0n) is 10.8. The maximum atomic E-state index is 12.1. The molecule has 6 nitrogen and oxygen atoms in total. The molecule has 1 heterocycles. The fourth-order valence-corrected chi connectivity index (χ4v) is 3.17. The molecule has 0 aromatic carbocycles. The van der Waals surface area contributed by atoms with Crippen LogP contribution in [0, 0.1) is 6.92 Å². The number of nitrogens with zero attached hydrogens (tertiary/aromatic N) is 3. The van der Waals surface area contributed by atoms with Crippen LogP contribution in [0.15, 0.2) is 5.38 Å². The van der Waals surface area contributed by atoms with Crippen LogP contribution in [0.25, 0.3) is 0 Å². The summed E-state index contributed by atoms with van der Waals surface area (Å²) in [6.07, 6.45) is 0.430. The quantitative estimate of drug-likeness (QED) is 0.792. The molecule has 0 radical (unpaired) electrons. The van der Waals surface area contributed by atoms with E-state index in [1.165, 1.54) is 34.0 Å². The van der Waals surface area contributed by atoms with Crippen molar-refractivity contribution in [1.82, 2.24) is 13.6 Å². The van der Waals surface area contributed by atoms with Crippen molar-refractivity contribution >= 4 is 21.5 Å². The monoisotopic (exact) mass is 293 g/mol. The minimum atomic E-state index is -3.48. The Morgan fingerprint density at radius 3 is 2.56 bits per heavy atom. The van der Waals surface area contributed by atoms with E-state index in [2.05, 4.69) is 4.98 Å². The maximum absolute atomic E-state index is 12.1. The first-order valence-electron chi connectivity index (χ1n) is 5.57. The Hall–Kier alpha value is -0.540. The summed E-state index contributed by atoms with van der Waals surface area (Å²) < 4.78 is 26.7. The third kappa shape index (κ3) is 3.99. The predicted molar refractivity (Wildman–Crippen MR) is 71.6 cm³/mol. The van der Waals surface area contributed by atoms with Gasteiger partial charge in [-0.15, -0.1) is 11.3 Å². The van der Waals surface area contributed by atoms with E-state index in [1.54, 1.807) is 0 Å². The molecule has 0 saturated heterocycles. The number of hydrogen-bond donors (Lipinski definition) is 1. The van der Waals surface area contributed by atoms with Crippen LogP contribution in [-0.2, 0) is 16.8 Å². The second-order valence-electron chi connectivity index (χ2n) is 4.02. The van der Waals surface area contributed by atoms with E-state index in [4.69, 9.17) is 5.11 Å². The van der Waals surface area contributed by atoms with Crippen LogP contribution in [-0.4, -0.2) is 54.4 Å². The van der Waals surface area contributed by atoms with E-state index in [1.807, 2.05) is 12.3 Å². The SMILES string of the molecule is Cc1nc(CN(C)S(=O)(=O)N(C)CCCO)cs1. The Labute approximate surface area is 112 Å². The Kier molecular flexibility index (Phi) is 5.67. The van der Waals surface area contributed by atoms with Gasteiger partial charge >= 0.3 is 0 Å². The molecule has 0 amide bonds. The van der Waals surface area contributed by atoms with Crippen molar-refractivity contribution < 1.29 is 13.5 Å². The first-order chi connectivity index (χ1) is 8.37. The first-order valence-corrected chi connectivity index (χ1v) is 7.85. The van der Waals surface area contributed by atoms with Crippen LogP contribution in [0.4, 0.5) is 0 Å². The van der Waals surface area contributed by atoms with Gasteiger partial charge in [-0.25, -0.2) is 4.98 Å². The van der Waals surface area contributed by atoms with Gasteiger partial charge in [-0.1, -0.05) is 0 Å². The fraction of sp³-hybridized carbons (Fsp3) is 0.700. The topological polar surface area (TPSA) is 73.7 Å². The zero-order chi connectivity index (χ0) is 13.8. The number of aliphatic hydroxyl groups excluding tert-OH is 1. The van der Waals surface area contributed by atoms with Crippen LogP contribution < -0.4 is 0 Å². The van der Waals surface area contributed by atoms with Crippen LogP contribution >= 0.6 is 11.3 Å². The Balaban J connectivity index is 2.66. The van der Waals surface area contributed by atoms with Gasteiger partial charge in [0.2, 0.25) is 0 Å². The Bertz CT molecular complexity index is 472. The van der Waals surface area contributed by atoms with Crippen LogP contribution in [0.1, 0.15) is 17.1 Å². The molecule has 18 heavy (non-hydrogen) atoms. The molecular formula is C10H19N3O3S2. The van der Waals surface area contributed by atoms with Gasteiger partial charge in [0, 0.05) is 32.6 Å². The van der Waals surface area contributed by atoms with Gasteiger partial charge in [-0.2, -0.15) is 17.0 Å². The molecule has 1 aromatic heterocycles. The van der Waals surface area contributed by atoms with Gasteiger partial charge in [0.1, 0.15) is 0 Å². The summed E-state index contributed by atoms with van der Waals surface area (Å²) in [5, 5.41) is 11.5. The number of aliphatic hydroxyl groups is 1. The summed E-state index contributed by atoms with van der Waals surface area (Å²) in [7, 11) is -0.445. The molecule has 0 unspecified atom stereocenters. The average molecular weight is 293 g/mol. The highest BCUT2D eigenvalue weighted by Gasteiger charge is 2.23. The lowest BCUT2D eigenvalue weighted by atomic mass is 10.5. The lowest BCUT2D eigenvalue weighted by Gasteiger charge is -2.23. The molecule has 0 aliphatic carbocycles. The fourth-order valence-electron chi connectivity index (χ4n) is 1.44. The summed E-state index contributed by atoms with van der Waals surface area (Å²) in [6.45, 7) is 2.43. The van der Waals surface area contributed by atoms with E-state index >= 15 is 0 Å². The molecule has 0 atom stereocenters. The number of aryl methyl sites for hydroxylation is 1. The molecule has 0 bridgehead atoms. The lowest BCUT2D eigenvalue weighted by Crippen LogP contribution is -2.39. The second-order valence-corrected chi connectivity index (χ2v) is 7.22. The van der Waals surface area contributed by atoms with Gasteiger partial charge in [-0.05, 0) is 13.3 Å². The summed E-state index contributed by atoms with van der Waals surface area (Å²) in [6, 6.07) is 0. The summed E-state index contributed by atoms with van der Waals surface area (Å²) >= 11 is 1.50. The van der Waals surface area contributed by atoms with Crippen molar-refractivity contribution in [3.8, 4) is 0 Å². The second kappa shape index (κ2) is 6.58. The van der Waals surface area contributed by atoms with Gasteiger partial charge in [0.05, 0.1) is 17.2 Å². The Morgan fingerprint density at radius 2 is 2.06 bits per heavy atom. The maximum Gasteiger partial charge on any atom is 0.281 e. The normalized spacial score (nSPS) is 12.6. The van der Waals surface area contributed by atoms with Gasteiger partial charge in [0.25, 0.3) is 10.2 Å². The Morgan fingerprint density at radius 1 is 1.39 bits per heavy atom. The van der Waals surface area contributed by atoms with Gasteiger partial charge in [-0.3, -0.25) is 0 Å². The van der Waals surface area contributed by atoms with Crippen molar-refractivity contribution in [2.75, 3.05) is 27.2 Å².